The average Bonchev–Trinajstić information content (AvgIpc) is 2.18. The first-order valence-corrected chi connectivity index (χ1v) is 6.07. The third kappa shape index (κ3) is 1.73. The molecule has 1 aromatic rings. The molecule has 0 saturated heterocycles. The van der Waals surface area contributed by atoms with Crippen molar-refractivity contribution in [2.75, 3.05) is 5.62 Å². The van der Waals surface area contributed by atoms with E-state index in [0.717, 1.165) is 5.56 Å². The van der Waals surface area contributed by atoms with Crippen LogP contribution in [0.2, 0.25) is 0 Å². The molecule has 0 aromatic heterocycles. The van der Waals surface area contributed by atoms with E-state index in [1.807, 2.05) is 18.2 Å². The van der Waals surface area contributed by atoms with Gasteiger partial charge in [0.25, 0.3) is 0 Å². The van der Waals surface area contributed by atoms with Crippen molar-refractivity contribution in [2.45, 2.75) is 6.61 Å². The van der Waals surface area contributed by atoms with E-state index in [4.69, 9.17) is 20.6 Å². The Labute approximate surface area is 81.1 Å². The van der Waals surface area contributed by atoms with Gasteiger partial charge in [-0.2, -0.15) is 0 Å². The van der Waals surface area contributed by atoms with Crippen molar-refractivity contribution in [3.8, 4) is 5.75 Å². The zero-order chi connectivity index (χ0) is 9.31. The predicted octanol–water partition coefficient (Wildman–Crippen LogP) is 2.99. The first-order chi connectivity index (χ1) is 6.23. The minimum absolute atomic E-state index is 0.110. The summed E-state index contributed by atoms with van der Waals surface area (Å²) in [6.07, 6.45) is 0. The molecule has 1 heterocycles. The van der Waals surface area contributed by atoms with Gasteiger partial charge in [-0.3, -0.25) is 4.52 Å². The SMILES string of the molecule is O=P1(CCl)OCc2ccccc2O1. The van der Waals surface area contributed by atoms with Gasteiger partial charge in [-0.25, -0.2) is 4.57 Å². The van der Waals surface area contributed by atoms with Crippen LogP contribution in [-0.4, -0.2) is 5.62 Å². The summed E-state index contributed by atoms with van der Waals surface area (Å²) in [6.45, 7) is 0.306. The standard InChI is InChI=1S/C8H8ClO3P/c9-6-13(10)11-5-7-3-1-2-4-8(7)12-13/h1-4H,5-6H2. The normalized spacial score (nSPS) is 26.2. The monoisotopic (exact) mass is 218 g/mol. The number of para-hydroxylation sites is 1. The first-order valence-electron chi connectivity index (χ1n) is 3.80. The molecule has 0 aliphatic carbocycles. The summed E-state index contributed by atoms with van der Waals surface area (Å²) < 4.78 is 21.8. The number of hydrogen-bond donors (Lipinski definition) is 0. The lowest BCUT2D eigenvalue weighted by atomic mass is 10.2. The maximum atomic E-state index is 11.6. The van der Waals surface area contributed by atoms with Crippen molar-refractivity contribution in [1.29, 1.82) is 0 Å². The van der Waals surface area contributed by atoms with E-state index >= 15 is 0 Å². The van der Waals surface area contributed by atoms with E-state index < -0.39 is 7.60 Å². The Morgan fingerprint density at radius 2 is 2.23 bits per heavy atom. The van der Waals surface area contributed by atoms with Crippen LogP contribution in [0.15, 0.2) is 24.3 Å². The van der Waals surface area contributed by atoms with Gasteiger partial charge in [0.2, 0.25) is 0 Å². The third-order valence-corrected chi connectivity index (χ3v) is 3.94. The van der Waals surface area contributed by atoms with Crippen molar-refractivity contribution in [1.82, 2.24) is 0 Å². The zero-order valence-electron chi connectivity index (χ0n) is 6.77. The molecule has 70 valence electrons. The van der Waals surface area contributed by atoms with Crippen LogP contribution in [0.25, 0.3) is 0 Å². The van der Waals surface area contributed by atoms with Gasteiger partial charge in [0.1, 0.15) is 11.4 Å². The summed E-state index contributed by atoms with van der Waals surface area (Å²) in [6, 6.07) is 7.33. The Morgan fingerprint density at radius 3 is 3.00 bits per heavy atom. The Bertz CT molecular complexity index is 366. The van der Waals surface area contributed by atoms with E-state index in [0.29, 0.717) is 12.4 Å². The summed E-state index contributed by atoms with van der Waals surface area (Å²) in [4.78, 5) is 0. The van der Waals surface area contributed by atoms with Crippen molar-refractivity contribution < 1.29 is 13.6 Å². The molecule has 0 spiro atoms. The Morgan fingerprint density at radius 1 is 1.46 bits per heavy atom. The summed E-state index contributed by atoms with van der Waals surface area (Å²) in [7, 11) is -3.06. The van der Waals surface area contributed by atoms with Gasteiger partial charge in [-0.15, -0.1) is 11.6 Å². The molecule has 2 rings (SSSR count). The maximum absolute atomic E-state index is 11.6. The van der Waals surface area contributed by atoms with E-state index in [1.165, 1.54) is 0 Å². The molecule has 1 atom stereocenters. The smallest absolute Gasteiger partial charge is 0.394 e. The molecule has 1 aliphatic rings. The highest BCUT2D eigenvalue weighted by molar-refractivity contribution is 7.56. The molecule has 1 aromatic carbocycles. The van der Waals surface area contributed by atoms with Gasteiger partial charge in [0.15, 0.2) is 0 Å². The van der Waals surface area contributed by atoms with Crippen molar-refractivity contribution in [3.05, 3.63) is 29.8 Å². The summed E-state index contributed by atoms with van der Waals surface area (Å²) in [5, 5.41) is 0. The van der Waals surface area contributed by atoms with E-state index in [2.05, 4.69) is 0 Å². The topological polar surface area (TPSA) is 35.5 Å². The molecule has 5 heteroatoms. The van der Waals surface area contributed by atoms with E-state index in [1.54, 1.807) is 6.07 Å². The van der Waals surface area contributed by atoms with E-state index in [-0.39, 0.29) is 5.62 Å². The van der Waals surface area contributed by atoms with Gasteiger partial charge >= 0.3 is 7.60 Å². The number of alkyl halides is 1. The van der Waals surface area contributed by atoms with Crippen LogP contribution in [0.3, 0.4) is 0 Å². The Balaban J connectivity index is 2.35. The lowest BCUT2D eigenvalue weighted by Gasteiger charge is -2.23. The molecule has 0 saturated carbocycles. The van der Waals surface area contributed by atoms with Crippen LogP contribution >= 0.6 is 19.2 Å². The number of hydrogen-bond acceptors (Lipinski definition) is 3. The number of rotatable bonds is 1. The highest BCUT2D eigenvalue weighted by atomic mass is 35.5. The van der Waals surface area contributed by atoms with Crippen LogP contribution in [0, 0.1) is 0 Å². The number of halogens is 1. The van der Waals surface area contributed by atoms with Gasteiger partial charge in [0.05, 0.1) is 6.61 Å². The highest BCUT2D eigenvalue weighted by Crippen LogP contribution is 2.53. The van der Waals surface area contributed by atoms with Gasteiger partial charge in [-0.05, 0) is 6.07 Å². The van der Waals surface area contributed by atoms with Gasteiger partial charge < -0.3 is 4.52 Å². The molecule has 0 radical (unpaired) electrons. The lowest BCUT2D eigenvalue weighted by molar-refractivity contribution is 0.235. The highest BCUT2D eigenvalue weighted by Gasteiger charge is 2.30. The molecule has 0 fully saturated rings. The molecular formula is C8H8ClO3P. The average molecular weight is 219 g/mol. The number of benzene rings is 1. The summed E-state index contributed by atoms with van der Waals surface area (Å²) in [5.74, 6) is 0.609. The fourth-order valence-corrected chi connectivity index (χ4v) is 2.45. The Kier molecular flexibility index (Phi) is 2.33. The zero-order valence-corrected chi connectivity index (χ0v) is 8.42. The van der Waals surface area contributed by atoms with Crippen molar-refractivity contribution >= 4 is 19.2 Å². The molecular weight excluding hydrogens is 211 g/mol. The molecule has 3 nitrogen and oxygen atoms in total. The van der Waals surface area contributed by atoms with Crippen LogP contribution < -0.4 is 4.52 Å². The molecule has 0 N–H and O–H groups in total. The maximum Gasteiger partial charge on any atom is 0.394 e. The molecule has 13 heavy (non-hydrogen) atoms. The largest absolute Gasteiger partial charge is 0.423 e. The summed E-state index contributed by atoms with van der Waals surface area (Å²) >= 11 is 5.47. The first kappa shape index (κ1) is 9.07. The Hall–Kier alpha value is -0.500. The molecule has 0 amide bonds. The minimum Gasteiger partial charge on any atom is -0.423 e. The predicted molar refractivity (Wildman–Crippen MR) is 50.2 cm³/mol. The van der Waals surface area contributed by atoms with Crippen LogP contribution in [0.4, 0.5) is 0 Å². The fraction of sp³-hybridized carbons (Fsp3) is 0.250. The van der Waals surface area contributed by atoms with Crippen LogP contribution in [0.1, 0.15) is 5.56 Å². The quantitative estimate of drug-likeness (QED) is 0.537. The summed E-state index contributed by atoms with van der Waals surface area (Å²) in [5.41, 5.74) is 0.792. The van der Waals surface area contributed by atoms with Crippen LogP contribution in [0.5, 0.6) is 5.75 Å². The van der Waals surface area contributed by atoms with Crippen molar-refractivity contribution in [3.63, 3.8) is 0 Å². The number of fused-ring (bicyclic) bond motifs is 1. The molecule has 1 aliphatic heterocycles. The molecule has 1 unspecified atom stereocenters. The fourth-order valence-electron chi connectivity index (χ4n) is 1.12. The van der Waals surface area contributed by atoms with Gasteiger partial charge in [-0.1, -0.05) is 18.2 Å². The van der Waals surface area contributed by atoms with Crippen LogP contribution in [-0.2, 0) is 15.7 Å². The second kappa shape index (κ2) is 3.33. The molecule has 0 bridgehead atoms. The van der Waals surface area contributed by atoms with Crippen molar-refractivity contribution in [2.24, 2.45) is 0 Å². The second-order valence-corrected chi connectivity index (χ2v) is 5.32. The lowest BCUT2D eigenvalue weighted by Crippen LogP contribution is -2.07. The minimum atomic E-state index is -3.06. The van der Waals surface area contributed by atoms with E-state index in [9.17, 15) is 4.57 Å². The third-order valence-electron chi connectivity index (χ3n) is 1.77. The second-order valence-electron chi connectivity index (χ2n) is 2.70. The van der Waals surface area contributed by atoms with Gasteiger partial charge in [0, 0.05) is 5.56 Å².